The quantitative estimate of drug-likeness (QED) is 0.910. The van der Waals surface area contributed by atoms with Crippen LogP contribution in [0.15, 0.2) is 9.27 Å². The van der Waals surface area contributed by atoms with Crippen LogP contribution in [0, 0.1) is 0 Å². The van der Waals surface area contributed by atoms with Gasteiger partial charge >= 0.3 is 0 Å². The monoisotopic (exact) mass is 300 g/mol. The van der Waals surface area contributed by atoms with Gasteiger partial charge in [-0.25, -0.2) is 4.98 Å². The minimum Gasteiger partial charge on any atom is -0.371 e. The van der Waals surface area contributed by atoms with Crippen LogP contribution in [0.3, 0.4) is 0 Å². The molecular weight excluding hydrogens is 284 g/mol. The van der Waals surface area contributed by atoms with Crippen molar-refractivity contribution in [2.45, 2.75) is 45.1 Å². The van der Waals surface area contributed by atoms with E-state index in [1.165, 1.54) is 0 Å². The summed E-state index contributed by atoms with van der Waals surface area (Å²) >= 11 is 3.32. The fourth-order valence-corrected chi connectivity index (χ4v) is 2.38. The number of hydrogen-bond donors (Lipinski definition) is 1. The summed E-state index contributed by atoms with van der Waals surface area (Å²) in [5.41, 5.74) is 0.789. The van der Waals surface area contributed by atoms with Crippen LogP contribution < -0.4 is 5.56 Å². The Bertz CT molecular complexity index is 454. The molecule has 1 aromatic rings. The fourth-order valence-electron chi connectivity index (χ4n) is 1.87. The second-order valence-electron chi connectivity index (χ2n) is 4.28. The van der Waals surface area contributed by atoms with Gasteiger partial charge in [-0.2, -0.15) is 0 Å². The highest BCUT2D eigenvalue weighted by molar-refractivity contribution is 9.10. The number of hydrogen-bond acceptors (Lipinski definition) is 3. The van der Waals surface area contributed by atoms with Crippen molar-refractivity contribution >= 4 is 15.9 Å². The van der Waals surface area contributed by atoms with Gasteiger partial charge in [0, 0.05) is 12.5 Å². The predicted octanol–water partition coefficient (Wildman–Crippen LogP) is 2.90. The zero-order valence-corrected chi connectivity index (χ0v) is 11.7. The average Bonchev–Trinajstić information content (AvgIpc) is 3.13. The molecule has 0 bridgehead atoms. The minimum absolute atomic E-state index is 0.102. The Morgan fingerprint density at radius 3 is 2.76 bits per heavy atom. The largest absolute Gasteiger partial charge is 0.371 e. The Hall–Kier alpha value is -0.680. The maximum absolute atomic E-state index is 11.8. The van der Waals surface area contributed by atoms with Crippen LogP contribution in [0.4, 0.5) is 0 Å². The van der Waals surface area contributed by atoms with Gasteiger partial charge in [0.05, 0.1) is 5.69 Å². The average molecular weight is 301 g/mol. The second kappa shape index (κ2) is 5.31. The van der Waals surface area contributed by atoms with Crippen LogP contribution in [0.2, 0.25) is 0 Å². The fraction of sp³-hybridized carbons (Fsp3) is 0.667. The van der Waals surface area contributed by atoms with Crippen molar-refractivity contribution in [3.05, 3.63) is 26.3 Å². The van der Waals surface area contributed by atoms with E-state index in [-0.39, 0.29) is 11.7 Å². The van der Waals surface area contributed by atoms with E-state index < -0.39 is 0 Å². The van der Waals surface area contributed by atoms with Crippen molar-refractivity contribution in [3.8, 4) is 0 Å². The molecule has 17 heavy (non-hydrogen) atoms. The van der Waals surface area contributed by atoms with Crippen LogP contribution >= 0.6 is 15.9 Å². The predicted molar refractivity (Wildman–Crippen MR) is 69.2 cm³/mol. The topological polar surface area (TPSA) is 55.0 Å². The molecule has 1 heterocycles. The molecule has 1 saturated carbocycles. The Labute approximate surface area is 109 Å². The van der Waals surface area contributed by atoms with E-state index in [4.69, 9.17) is 4.74 Å². The highest BCUT2D eigenvalue weighted by atomic mass is 79.9. The lowest BCUT2D eigenvalue weighted by molar-refractivity contribution is 0.0531. The maximum atomic E-state index is 11.8. The molecule has 1 aliphatic carbocycles. The van der Waals surface area contributed by atoms with Crippen molar-refractivity contribution in [2.75, 3.05) is 6.61 Å². The number of nitrogens with one attached hydrogen (secondary N) is 1. The lowest BCUT2D eigenvalue weighted by Crippen LogP contribution is -2.19. The van der Waals surface area contributed by atoms with Crippen LogP contribution in [0.1, 0.15) is 56.7 Å². The van der Waals surface area contributed by atoms with Gasteiger partial charge in [0.15, 0.2) is 0 Å². The molecule has 1 aliphatic rings. The number of H-pyrrole nitrogens is 1. The normalized spacial score (nSPS) is 17.1. The van der Waals surface area contributed by atoms with E-state index in [9.17, 15) is 4.79 Å². The Kier molecular flexibility index (Phi) is 3.99. The van der Waals surface area contributed by atoms with E-state index in [0.29, 0.717) is 22.8 Å². The third-order valence-corrected chi connectivity index (χ3v) is 3.68. The third kappa shape index (κ3) is 2.77. The molecule has 0 spiro atoms. The summed E-state index contributed by atoms with van der Waals surface area (Å²) in [5.74, 6) is 1.11. The molecule has 0 amide bonds. The van der Waals surface area contributed by atoms with Gasteiger partial charge < -0.3 is 9.72 Å². The van der Waals surface area contributed by atoms with Crippen LogP contribution in [0.5, 0.6) is 0 Å². The highest BCUT2D eigenvalue weighted by Crippen LogP contribution is 2.41. The van der Waals surface area contributed by atoms with Crippen molar-refractivity contribution in [3.63, 3.8) is 0 Å². The zero-order valence-electron chi connectivity index (χ0n) is 10.1. The number of aromatic nitrogens is 2. The Morgan fingerprint density at radius 2 is 2.24 bits per heavy atom. The van der Waals surface area contributed by atoms with Gasteiger partial charge in [-0.15, -0.1) is 0 Å². The van der Waals surface area contributed by atoms with E-state index in [2.05, 4.69) is 25.9 Å². The van der Waals surface area contributed by atoms with Crippen LogP contribution in [-0.2, 0) is 4.74 Å². The summed E-state index contributed by atoms with van der Waals surface area (Å²) < 4.78 is 6.16. The van der Waals surface area contributed by atoms with Gasteiger partial charge in [0.25, 0.3) is 5.56 Å². The summed E-state index contributed by atoms with van der Waals surface area (Å²) in [5, 5.41) is 0. The molecule has 0 aromatic carbocycles. The smallest absolute Gasteiger partial charge is 0.265 e. The molecule has 1 N–H and O–H groups in total. The molecule has 0 aliphatic heterocycles. The molecule has 1 aromatic heterocycles. The van der Waals surface area contributed by atoms with E-state index >= 15 is 0 Å². The minimum atomic E-state index is -0.113. The molecule has 4 nitrogen and oxygen atoms in total. The molecule has 2 rings (SSSR count). The Balaban J connectivity index is 2.37. The van der Waals surface area contributed by atoms with Gasteiger partial charge in [-0.3, -0.25) is 4.79 Å². The summed E-state index contributed by atoms with van der Waals surface area (Å²) in [6, 6.07) is 0. The van der Waals surface area contributed by atoms with Crippen LogP contribution in [-0.4, -0.2) is 16.6 Å². The molecule has 1 unspecified atom stereocenters. The standard InChI is InChI=1S/C12H17BrN2O2/c1-3-8(17-4-2)11-14-10(7-5-6-7)9(13)12(16)15-11/h7-8H,3-6H2,1-2H3,(H,14,15,16). The van der Waals surface area contributed by atoms with E-state index in [1.807, 2.05) is 13.8 Å². The SMILES string of the molecule is CCOC(CC)c1nc(C2CC2)c(Br)c(=O)[nH]1. The second-order valence-corrected chi connectivity index (χ2v) is 5.07. The summed E-state index contributed by atoms with van der Waals surface area (Å²) in [4.78, 5) is 19.2. The van der Waals surface area contributed by atoms with E-state index in [1.54, 1.807) is 0 Å². The number of nitrogens with zero attached hydrogens (tertiary/aromatic N) is 1. The van der Waals surface area contributed by atoms with Gasteiger partial charge in [-0.1, -0.05) is 6.92 Å². The molecular formula is C12H17BrN2O2. The van der Waals surface area contributed by atoms with Crippen molar-refractivity contribution in [2.24, 2.45) is 0 Å². The number of aromatic amines is 1. The summed E-state index contributed by atoms with van der Waals surface area (Å²) in [7, 11) is 0. The van der Waals surface area contributed by atoms with Gasteiger partial charge in [0.1, 0.15) is 16.4 Å². The zero-order chi connectivity index (χ0) is 12.4. The highest BCUT2D eigenvalue weighted by Gasteiger charge is 2.29. The first-order valence-corrected chi connectivity index (χ1v) is 6.87. The first-order chi connectivity index (χ1) is 8.17. The molecule has 0 saturated heterocycles. The molecule has 94 valence electrons. The lowest BCUT2D eigenvalue weighted by atomic mass is 10.2. The first kappa shape index (κ1) is 12.8. The third-order valence-electron chi connectivity index (χ3n) is 2.91. The van der Waals surface area contributed by atoms with Crippen molar-refractivity contribution in [1.82, 2.24) is 9.97 Å². The molecule has 1 fully saturated rings. The van der Waals surface area contributed by atoms with Gasteiger partial charge in [-0.05, 0) is 42.1 Å². The molecule has 5 heteroatoms. The van der Waals surface area contributed by atoms with E-state index in [0.717, 1.165) is 25.0 Å². The van der Waals surface area contributed by atoms with Crippen molar-refractivity contribution in [1.29, 1.82) is 0 Å². The summed E-state index contributed by atoms with van der Waals surface area (Å²) in [6.07, 6.45) is 2.95. The Morgan fingerprint density at radius 1 is 1.53 bits per heavy atom. The number of rotatable bonds is 5. The number of ether oxygens (including phenoxy) is 1. The summed E-state index contributed by atoms with van der Waals surface area (Å²) in [6.45, 7) is 4.59. The molecule has 0 radical (unpaired) electrons. The lowest BCUT2D eigenvalue weighted by Gasteiger charge is -2.15. The number of halogens is 1. The maximum Gasteiger partial charge on any atom is 0.265 e. The first-order valence-electron chi connectivity index (χ1n) is 6.08. The molecule has 1 atom stereocenters. The van der Waals surface area contributed by atoms with Gasteiger partial charge in [0.2, 0.25) is 0 Å². The van der Waals surface area contributed by atoms with Crippen molar-refractivity contribution < 1.29 is 4.74 Å². The van der Waals surface area contributed by atoms with Crippen LogP contribution in [0.25, 0.3) is 0 Å².